The van der Waals surface area contributed by atoms with E-state index in [0.29, 0.717) is 15.8 Å². The van der Waals surface area contributed by atoms with Crippen molar-refractivity contribution >= 4 is 33.9 Å². The first kappa shape index (κ1) is 15.4. The van der Waals surface area contributed by atoms with Crippen LogP contribution in [0.3, 0.4) is 0 Å². The van der Waals surface area contributed by atoms with Gasteiger partial charge in [-0.1, -0.05) is 28.1 Å². The molecule has 0 radical (unpaired) electrons. The fourth-order valence-corrected chi connectivity index (χ4v) is 2.39. The van der Waals surface area contributed by atoms with Crippen LogP contribution in [0.2, 0.25) is 0 Å². The Morgan fingerprint density at radius 2 is 2.09 bits per heavy atom. The third-order valence-electron chi connectivity index (χ3n) is 3.19. The Balaban J connectivity index is 1.96. The van der Waals surface area contributed by atoms with Crippen molar-refractivity contribution in [2.45, 2.75) is 0 Å². The van der Waals surface area contributed by atoms with E-state index in [1.165, 1.54) is 12.1 Å². The maximum Gasteiger partial charge on any atom is 0.363 e. The van der Waals surface area contributed by atoms with E-state index < -0.39 is 11.8 Å². The van der Waals surface area contributed by atoms with E-state index in [9.17, 15) is 9.18 Å². The molecule has 3 rings (SSSR count). The predicted octanol–water partition coefficient (Wildman–Crippen LogP) is 3.94. The van der Waals surface area contributed by atoms with Crippen LogP contribution in [0.25, 0.3) is 6.08 Å². The molecule has 4 nitrogen and oxygen atoms in total. The third-order valence-corrected chi connectivity index (χ3v) is 3.69. The molecule has 0 aromatic heterocycles. The summed E-state index contributed by atoms with van der Waals surface area (Å²) in [6, 6.07) is 11.5. The van der Waals surface area contributed by atoms with Crippen LogP contribution in [-0.2, 0) is 9.53 Å². The SMILES string of the molecule is COc1cccc(C2=N/C(=C\c3ccc(Br)cc3F)C(=O)O2)c1. The van der Waals surface area contributed by atoms with Crippen molar-refractivity contribution in [3.8, 4) is 5.75 Å². The third kappa shape index (κ3) is 3.32. The minimum atomic E-state index is -0.620. The highest BCUT2D eigenvalue weighted by atomic mass is 79.9. The summed E-state index contributed by atoms with van der Waals surface area (Å²) < 4.78 is 24.8. The second-order valence-corrected chi connectivity index (χ2v) is 5.65. The molecule has 0 saturated carbocycles. The molecule has 1 aliphatic heterocycles. The number of benzene rings is 2. The molecule has 0 N–H and O–H groups in total. The fourth-order valence-electron chi connectivity index (χ4n) is 2.05. The first-order valence-electron chi connectivity index (χ1n) is 6.69. The molecule has 0 saturated heterocycles. The number of nitrogens with zero attached hydrogens (tertiary/aromatic N) is 1. The molecule has 0 aliphatic carbocycles. The zero-order valence-corrected chi connectivity index (χ0v) is 13.6. The van der Waals surface area contributed by atoms with Crippen LogP contribution in [0.15, 0.2) is 57.6 Å². The van der Waals surface area contributed by atoms with Crippen LogP contribution in [-0.4, -0.2) is 19.0 Å². The Hall–Kier alpha value is -2.47. The van der Waals surface area contributed by atoms with Crippen molar-refractivity contribution in [2.75, 3.05) is 7.11 Å². The van der Waals surface area contributed by atoms with Gasteiger partial charge in [0, 0.05) is 15.6 Å². The molecule has 23 heavy (non-hydrogen) atoms. The van der Waals surface area contributed by atoms with Gasteiger partial charge < -0.3 is 9.47 Å². The van der Waals surface area contributed by atoms with Gasteiger partial charge in [0.25, 0.3) is 0 Å². The molecular formula is C17H11BrFNO3. The molecule has 0 unspecified atom stereocenters. The molecule has 0 bridgehead atoms. The molecule has 0 amide bonds. The molecule has 0 fully saturated rings. The lowest BCUT2D eigenvalue weighted by atomic mass is 10.2. The second kappa shape index (κ2) is 6.34. The van der Waals surface area contributed by atoms with E-state index in [-0.39, 0.29) is 17.2 Å². The minimum Gasteiger partial charge on any atom is -0.497 e. The van der Waals surface area contributed by atoms with Gasteiger partial charge in [-0.3, -0.25) is 0 Å². The van der Waals surface area contributed by atoms with E-state index in [0.717, 1.165) is 0 Å². The van der Waals surface area contributed by atoms with Crippen molar-refractivity contribution in [2.24, 2.45) is 4.99 Å². The predicted molar refractivity (Wildman–Crippen MR) is 87.7 cm³/mol. The topological polar surface area (TPSA) is 47.9 Å². The van der Waals surface area contributed by atoms with Gasteiger partial charge in [0.05, 0.1) is 7.11 Å². The lowest BCUT2D eigenvalue weighted by Gasteiger charge is -2.02. The van der Waals surface area contributed by atoms with E-state index in [4.69, 9.17) is 9.47 Å². The van der Waals surface area contributed by atoms with Gasteiger partial charge in [-0.05, 0) is 36.4 Å². The molecule has 2 aromatic carbocycles. The Labute approximate surface area is 140 Å². The fraction of sp³-hybridized carbons (Fsp3) is 0.0588. The van der Waals surface area contributed by atoms with Crippen molar-refractivity contribution in [3.05, 3.63) is 69.6 Å². The van der Waals surface area contributed by atoms with Crippen LogP contribution < -0.4 is 4.74 Å². The lowest BCUT2D eigenvalue weighted by molar-refractivity contribution is -0.129. The average Bonchev–Trinajstić information content (AvgIpc) is 2.91. The maximum absolute atomic E-state index is 13.9. The van der Waals surface area contributed by atoms with Gasteiger partial charge in [-0.25, -0.2) is 14.2 Å². The number of methoxy groups -OCH3 is 1. The van der Waals surface area contributed by atoms with Gasteiger partial charge in [-0.2, -0.15) is 0 Å². The molecular weight excluding hydrogens is 365 g/mol. The zero-order chi connectivity index (χ0) is 16.4. The number of ether oxygens (including phenoxy) is 2. The number of hydrogen-bond acceptors (Lipinski definition) is 4. The lowest BCUT2D eigenvalue weighted by Crippen LogP contribution is -2.05. The second-order valence-electron chi connectivity index (χ2n) is 4.73. The van der Waals surface area contributed by atoms with Crippen molar-refractivity contribution in [3.63, 3.8) is 0 Å². The molecule has 0 spiro atoms. The number of esters is 1. The summed E-state index contributed by atoms with van der Waals surface area (Å²) in [6.45, 7) is 0. The summed E-state index contributed by atoms with van der Waals surface area (Å²) in [5.74, 6) is -0.287. The summed E-state index contributed by atoms with van der Waals surface area (Å²) in [6.07, 6.45) is 1.36. The molecule has 0 atom stereocenters. The number of carbonyl (C=O) groups excluding carboxylic acids is 1. The quantitative estimate of drug-likeness (QED) is 0.602. The maximum atomic E-state index is 13.9. The molecule has 6 heteroatoms. The van der Waals surface area contributed by atoms with Crippen molar-refractivity contribution in [1.82, 2.24) is 0 Å². The van der Waals surface area contributed by atoms with Gasteiger partial charge >= 0.3 is 5.97 Å². The Bertz CT molecular complexity index is 845. The molecule has 116 valence electrons. The molecule has 2 aromatic rings. The highest BCUT2D eigenvalue weighted by molar-refractivity contribution is 9.10. The standard InChI is InChI=1S/C17H11BrFNO3/c1-22-13-4-2-3-11(7-13)16-20-15(17(21)23-16)8-10-5-6-12(18)9-14(10)19/h2-9H,1H3/b15-8-. The normalized spacial score (nSPS) is 15.5. The number of hydrogen-bond donors (Lipinski definition) is 0. The van der Waals surface area contributed by atoms with Gasteiger partial charge in [-0.15, -0.1) is 0 Å². The Morgan fingerprint density at radius 3 is 2.83 bits per heavy atom. The number of aliphatic imine (C=N–C) groups is 1. The number of cyclic esters (lactones) is 1. The average molecular weight is 376 g/mol. The van der Waals surface area contributed by atoms with Gasteiger partial charge in [0.1, 0.15) is 11.6 Å². The highest BCUT2D eigenvalue weighted by Crippen LogP contribution is 2.23. The van der Waals surface area contributed by atoms with E-state index in [1.807, 2.05) is 0 Å². The highest BCUT2D eigenvalue weighted by Gasteiger charge is 2.24. The van der Waals surface area contributed by atoms with Crippen LogP contribution in [0.5, 0.6) is 5.75 Å². The van der Waals surface area contributed by atoms with Crippen LogP contribution in [0.1, 0.15) is 11.1 Å². The largest absolute Gasteiger partial charge is 0.497 e. The van der Waals surface area contributed by atoms with Crippen LogP contribution >= 0.6 is 15.9 Å². The van der Waals surface area contributed by atoms with E-state index in [1.54, 1.807) is 43.5 Å². The summed E-state index contributed by atoms with van der Waals surface area (Å²) in [4.78, 5) is 16.1. The van der Waals surface area contributed by atoms with Crippen molar-refractivity contribution < 1.29 is 18.7 Å². The summed E-state index contributed by atoms with van der Waals surface area (Å²) in [5, 5.41) is 0. The zero-order valence-electron chi connectivity index (χ0n) is 12.0. The number of carbonyl (C=O) groups is 1. The van der Waals surface area contributed by atoms with E-state index in [2.05, 4.69) is 20.9 Å². The first-order chi connectivity index (χ1) is 11.1. The van der Waals surface area contributed by atoms with Crippen LogP contribution in [0.4, 0.5) is 4.39 Å². The Kier molecular flexibility index (Phi) is 4.25. The van der Waals surface area contributed by atoms with Crippen molar-refractivity contribution in [1.29, 1.82) is 0 Å². The summed E-state index contributed by atoms with van der Waals surface area (Å²) in [7, 11) is 1.54. The van der Waals surface area contributed by atoms with Crippen LogP contribution in [0, 0.1) is 5.82 Å². The smallest absolute Gasteiger partial charge is 0.363 e. The summed E-state index contributed by atoms with van der Waals surface area (Å²) >= 11 is 3.18. The van der Waals surface area contributed by atoms with Gasteiger partial charge in [0.15, 0.2) is 5.70 Å². The molecule has 1 heterocycles. The van der Waals surface area contributed by atoms with Gasteiger partial charge in [0.2, 0.25) is 5.90 Å². The monoisotopic (exact) mass is 375 g/mol. The Morgan fingerprint density at radius 1 is 1.26 bits per heavy atom. The minimum absolute atomic E-state index is 0.0454. The van der Waals surface area contributed by atoms with E-state index >= 15 is 0 Å². The first-order valence-corrected chi connectivity index (χ1v) is 7.48. The number of rotatable bonds is 3. The summed E-state index contributed by atoms with van der Waals surface area (Å²) in [5.41, 5.74) is 0.914. The number of halogens is 2. The molecule has 1 aliphatic rings.